The molecule has 10 nitrogen and oxygen atoms in total. The zero-order valence-electron chi connectivity index (χ0n) is 24.5. The van der Waals surface area contributed by atoms with Crippen molar-refractivity contribution in [2.75, 3.05) is 31.1 Å². The largest absolute Gasteiger partial charge is 0.495 e. The Kier molecular flexibility index (Phi) is 11.1. The molecule has 4 aromatic rings. The Labute approximate surface area is 257 Å². The van der Waals surface area contributed by atoms with Crippen molar-refractivity contribution < 1.29 is 27.5 Å². The summed E-state index contributed by atoms with van der Waals surface area (Å²) >= 11 is 0. The molecule has 0 spiro atoms. The number of benzene rings is 4. The van der Waals surface area contributed by atoms with Crippen molar-refractivity contribution in [1.82, 2.24) is 10.7 Å². The molecule has 4 aromatic carbocycles. The number of sulfonamides is 1. The maximum absolute atomic E-state index is 13.6. The molecular weight excluding hydrogens is 580 g/mol. The third-order valence-corrected chi connectivity index (χ3v) is 8.23. The standard InChI is InChI=1S/C33H34N4O6S/c1-25-13-18-31(42-2)30(21-25)37(44(40,41)29-11-7-4-8-12-29)23-32(38)36-35-22-27-14-16-28(17-15-27)43-24-33(39)34-20-19-26-9-5-3-6-10-26/h3-18,21-22H,19-20,23-24H2,1-2H3,(H,34,39)(H,36,38)/b35-22-. The van der Waals surface area contributed by atoms with Crippen molar-refractivity contribution >= 4 is 33.7 Å². The van der Waals surface area contributed by atoms with Gasteiger partial charge in [-0.2, -0.15) is 5.10 Å². The number of aryl methyl sites for hydroxylation is 1. The Bertz CT molecular complexity index is 1680. The van der Waals surface area contributed by atoms with Crippen molar-refractivity contribution in [3.8, 4) is 11.5 Å². The average Bonchev–Trinajstić information content (AvgIpc) is 3.04. The summed E-state index contributed by atoms with van der Waals surface area (Å²) in [4.78, 5) is 25.0. The number of methoxy groups -OCH3 is 1. The minimum Gasteiger partial charge on any atom is -0.495 e. The second kappa shape index (κ2) is 15.4. The van der Waals surface area contributed by atoms with Crippen LogP contribution in [0.2, 0.25) is 0 Å². The van der Waals surface area contributed by atoms with Crippen LogP contribution in [-0.2, 0) is 26.0 Å². The van der Waals surface area contributed by atoms with E-state index in [0.717, 1.165) is 21.9 Å². The Balaban J connectivity index is 1.33. The molecule has 11 heteroatoms. The molecule has 4 rings (SSSR count). The predicted molar refractivity (Wildman–Crippen MR) is 170 cm³/mol. The van der Waals surface area contributed by atoms with E-state index in [1.54, 1.807) is 60.7 Å². The van der Waals surface area contributed by atoms with Gasteiger partial charge in [0.1, 0.15) is 18.0 Å². The first kappa shape index (κ1) is 31.8. The van der Waals surface area contributed by atoms with E-state index in [2.05, 4.69) is 15.8 Å². The number of ether oxygens (including phenoxy) is 2. The number of anilines is 1. The van der Waals surface area contributed by atoms with Crippen LogP contribution in [0.3, 0.4) is 0 Å². The molecule has 2 amide bonds. The van der Waals surface area contributed by atoms with Crippen molar-refractivity contribution in [2.45, 2.75) is 18.2 Å². The number of hydrazone groups is 1. The molecule has 0 atom stereocenters. The first-order chi connectivity index (χ1) is 21.3. The summed E-state index contributed by atoms with van der Waals surface area (Å²) in [5.74, 6) is -0.0694. The van der Waals surface area contributed by atoms with Gasteiger partial charge in [0, 0.05) is 6.54 Å². The first-order valence-corrected chi connectivity index (χ1v) is 15.3. The molecule has 0 unspecified atom stereocenters. The van der Waals surface area contributed by atoms with Gasteiger partial charge < -0.3 is 14.8 Å². The quantitative estimate of drug-likeness (QED) is 0.163. The zero-order chi connectivity index (χ0) is 31.4. The summed E-state index contributed by atoms with van der Waals surface area (Å²) < 4.78 is 39.2. The highest BCUT2D eigenvalue weighted by Crippen LogP contribution is 2.33. The Hall–Kier alpha value is -5.16. The summed E-state index contributed by atoms with van der Waals surface area (Å²) in [5.41, 5.74) is 5.21. The summed E-state index contributed by atoms with van der Waals surface area (Å²) in [6.07, 6.45) is 2.15. The minimum absolute atomic E-state index is 0.0341. The van der Waals surface area contributed by atoms with Gasteiger partial charge in [-0.05, 0) is 78.6 Å². The number of nitrogens with one attached hydrogen (secondary N) is 2. The number of carbonyl (C=O) groups excluding carboxylic acids is 2. The van der Waals surface area contributed by atoms with Crippen LogP contribution in [-0.4, -0.2) is 53.3 Å². The fraction of sp³-hybridized carbons (Fsp3) is 0.182. The molecule has 2 N–H and O–H groups in total. The van der Waals surface area contributed by atoms with Gasteiger partial charge in [-0.3, -0.25) is 13.9 Å². The van der Waals surface area contributed by atoms with Crippen LogP contribution >= 0.6 is 0 Å². The smallest absolute Gasteiger partial charge is 0.264 e. The fourth-order valence-electron chi connectivity index (χ4n) is 4.20. The van der Waals surface area contributed by atoms with Crippen LogP contribution in [0.1, 0.15) is 16.7 Å². The summed E-state index contributed by atoms with van der Waals surface area (Å²) in [7, 11) is -2.68. The number of hydrogen-bond donors (Lipinski definition) is 2. The number of rotatable bonds is 14. The van der Waals surface area contributed by atoms with Crippen molar-refractivity contribution in [2.24, 2.45) is 5.10 Å². The highest BCUT2D eigenvalue weighted by atomic mass is 32.2. The fourth-order valence-corrected chi connectivity index (χ4v) is 5.64. The van der Waals surface area contributed by atoms with Crippen LogP contribution in [0.15, 0.2) is 113 Å². The van der Waals surface area contributed by atoms with Gasteiger partial charge in [-0.25, -0.2) is 13.8 Å². The van der Waals surface area contributed by atoms with Crippen LogP contribution < -0.4 is 24.5 Å². The summed E-state index contributed by atoms with van der Waals surface area (Å²) in [6, 6.07) is 29.6. The van der Waals surface area contributed by atoms with Crippen molar-refractivity contribution in [3.05, 3.63) is 120 Å². The monoisotopic (exact) mass is 614 g/mol. The number of carbonyl (C=O) groups is 2. The van der Waals surface area contributed by atoms with Crippen LogP contribution in [0.25, 0.3) is 0 Å². The number of hydrogen-bond acceptors (Lipinski definition) is 7. The SMILES string of the molecule is COc1ccc(C)cc1N(CC(=O)N/N=C\c1ccc(OCC(=O)NCCc2ccccc2)cc1)S(=O)(=O)c1ccccc1. The molecule has 0 radical (unpaired) electrons. The Morgan fingerprint density at radius 1 is 0.886 bits per heavy atom. The third kappa shape index (κ3) is 8.92. The second-order valence-electron chi connectivity index (χ2n) is 9.74. The van der Waals surface area contributed by atoms with E-state index >= 15 is 0 Å². The molecule has 228 valence electrons. The van der Waals surface area contributed by atoms with E-state index in [1.807, 2.05) is 37.3 Å². The van der Waals surface area contributed by atoms with E-state index in [-0.39, 0.29) is 23.1 Å². The molecular formula is C33H34N4O6S. The van der Waals surface area contributed by atoms with Gasteiger partial charge in [0.25, 0.3) is 21.8 Å². The molecule has 0 aliphatic rings. The molecule has 0 heterocycles. The molecule has 0 fully saturated rings. The highest BCUT2D eigenvalue weighted by Gasteiger charge is 2.29. The van der Waals surface area contributed by atoms with Crippen LogP contribution in [0, 0.1) is 6.92 Å². The van der Waals surface area contributed by atoms with Crippen molar-refractivity contribution in [3.63, 3.8) is 0 Å². The van der Waals surface area contributed by atoms with Gasteiger partial charge >= 0.3 is 0 Å². The lowest BCUT2D eigenvalue weighted by Gasteiger charge is -2.25. The van der Waals surface area contributed by atoms with Gasteiger partial charge in [-0.15, -0.1) is 0 Å². The zero-order valence-corrected chi connectivity index (χ0v) is 25.3. The van der Waals surface area contributed by atoms with E-state index in [4.69, 9.17) is 9.47 Å². The lowest BCUT2D eigenvalue weighted by atomic mass is 10.1. The summed E-state index contributed by atoms with van der Waals surface area (Å²) in [6.45, 7) is 1.68. The first-order valence-electron chi connectivity index (χ1n) is 13.8. The number of nitrogens with zero attached hydrogens (tertiary/aromatic N) is 2. The molecule has 0 saturated heterocycles. The van der Waals surface area contributed by atoms with Gasteiger partial charge in [-0.1, -0.05) is 54.6 Å². The maximum Gasteiger partial charge on any atom is 0.264 e. The van der Waals surface area contributed by atoms with Gasteiger partial charge in [0.15, 0.2) is 6.61 Å². The topological polar surface area (TPSA) is 126 Å². The van der Waals surface area contributed by atoms with Crippen LogP contribution in [0.5, 0.6) is 11.5 Å². The van der Waals surface area contributed by atoms with E-state index in [1.165, 1.54) is 25.5 Å². The van der Waals surface area contributed by atoms with Gasteiger partial charge in [0.2, 0.25) is 0 Å². The van der Waals surface area contributed by atoms with E-state index in [9.17, 15) is 18.0 Å². The molecule has 0 aromatic heterocycles. The molecule has 0 bridgehead atoms. The number of amides is 2. The average molecular weight is 615 g/mol. The third-order valence-electron chi connectivity index (χ3n) is 6.45. The molecule has 0 aliphatic heterocycles. The van der Waals surface area contributed by atoms with Gasteiger partial charge in [0.05, 0.1) is 23.9 Å². The van der Waals surface area contributed by atoms with Crippen LogP contribution in [0.4, 0.5) is 5.69 Å². The molecule has 44 heavy (non-hydrogen) atoms. The lowest BCUT2D eigenvalue weighted by Crippen LogP contribution is -2.39. The molecule has 0 aliphatic carbocycles. The molecule has 0 saturated carbocycles. The Morgan fingerprint density at radius 2 is 1.57 bits per heavy atom. The maximum atomic E-state index is 13.6. The highest BCUT2D eigenvalue weighted by molar-refractivity contribution is 7.92. The predicted octanol–water partition coefficient (Wildman–Crippen LogP) is 4.09. The second-order valence-corrected chi connectivity index (χ2v) is 11.6. The van der Waals surface area contributed by atoms with Crippen molar-refractivity contribution in [1.29, 1.82) is 0 Å². The minimum atomic E-state index is -4.11. The summed E-state index contributed by atoms with van der Waals surface area (Å²) in [5, 5.41) is 6.81. The normalized spacial score (nSPS) is 11.1. The van der Waals surface area contributed by atoms with E-state index in [0.29, 0.717) is 23.6 Å². The Morgan fingerprint density at radius 3 is 2.25 bits per heavy atom. The lowest BCUT2D eigenvalue weighted by molar-refractivity contribution is -0.123. The van der Waals surface area contributed by atoms with E-state index < -0.39 is 22.5 Å².